The number of aromatic nitrogens is 2. The van der Waals surface area contributed by atoms with Crippen molar-refractivity contribution in [3.05, 3.63) is 53.6 Å². The van der Waals surface area contributed by atoms with Gasteiger partial charge in [-0.3, -0.25) is 9.59 Å². The van der Waals surface area contributed by atoms with E-state index < -0.39 is 10.0 Å². The molecule has 1 N–H and O–H groups in total. The summed E-state index contributed by atoms with van der Waals surface area (Å²) < 4.78 is 35.7. The van der Waals surface area contributed by atoms with Crippen molar-refractivity contribution in [2.75, 3.05) is 32.7 Å². The fourth-order valence-corrected chi connectivity index (χ4v) is 5.67. The molecule has 31 heavy (non-hydrogen) atoms. The third-order valence-corrected chi connectivity index (χ3v) is 7.72. The Labute approximate surface area is 184 Å². The minimum absolute atomic E-state index is 0.129. The highest BCUT2D eigenvalue weighted by Crippen LogP contribution is 2.25. The lowest BCUT2D eigenvalue weighted by atomic mass is 10.1. The summed E-state index contributed by atoms with van der Waals surface area (Å²) in [6, 6.07) is 12.0. The van der Waals surface area contributed by atoms with E-state index in [9.17, 15) is 18.0 Å². The maximum absolute atomic E-state index is 13.1. The second-order valence-electron chi connectivity index (χ2n) is 7.17. The van der Waals surface area contributed by atoms with Crippen LogP contribution in [0.2, 0.25) is 0 Å². The number of piperazine rings is 1. The van der Waals surface area contributed by atoms with Crippen LogP contribution in [-0.4, -0.2) is 70.9 Å². The average molecular weight is 460 g/mol. The van der Waals surface area contributed by atoms with E-state index in [2.05, 4.69) is 14.1 Å². The van der Waals surface area contributed by atoms with E-state index in [0.717, 1.165) is 17.3 Å². The van der Waals surface area contributed by atoms with Gasteiger partial charge in [0, 0.05) is 31.7 Å². The lowest BCUT2D eigenvalue weighted by Crippen LogP contribution is -2.52. The number of carbonyl (C=O) groups excluding carboxylic acids is 2. The Kier molecular flexibility index (Phi) is 5.99. The molecule has 0 saturated carbocycles. The molecule has 2 aromatic carbocycles. The Morgan fingerprint density at radius 3 is 2.52 bits per heavy atom. The van der Waals surface area contributed by atoms with Gasteiger partial charge in [0.15, 0.2) is 0 Å². The van der Waals surface area contributed by atoms with Crippen molar-refractivity contribution in [1.82, 2.24) is 23.3 Å². The Balaban J connectivity index is 1.36. The molecule has 1 aromatic heterocycles. The first-order valence-corrected chi connectivity index (χ1v) is 11.9. The van der Waals surface area contributed by atoms with E-state index in [1.54, 1.807) is 29.2 Å². The molecule has 2 amide bonds. The molecule has 1 aliphatic heterocycles. The summed E-state index contributed by atoms with van der Waals surface area (Å²) in [5.41, 5.74) is 2.27. The Bertz CT molecular complexity index is 1230. The zero-order valence-corrected chi connectivity index (χ0v) is 18.4. The van der Waals surface area contributed by atoms with Crippen LogP contribution in [0.4, 0.5) is 0 Å². The molecule has 0 unspecified atom stereocenters. The number of fused-ring (bicyclic) bond motifs is 1. The first kappa shape index (κ1) is 21.3. The summed E-state index contributed by atoms with van der Waals surface area (Å²) in [6.07, 6.45) is 0. The molecule has 1 fully saturated rings. The zero-order valence-electron chi connectivity index (χ0n) is 16.8. The largest absolute Gasteiger partial charge is 0.343 e. The minimum Gasteiger partial charge on any atom is -0.343 e. The highest BCUT2D eigenvalue weighted by atomic mass is 32.2. The number of benzene rings is 2. The lowest BCUT2D eigenvalue weighted by Gasteiger charge is -2.34. The summed E-state index contributed by atoms with van der Waals surface area (Å²) >= 11 is 0.971. The van der Waals surface area contributed by atoms with Crippen LogP contribution in [0, 0.1) is 6.92 Å². The van der Waals surface area contributed by atoms with Crippen molar-refractivity contribution in [2.45, 2.75) is 11.8 Å². The Morgan fingerprint density at radius 2 is 1.77 bits per heavy atom. The van der Waals surface area contributed by atoms with Crippen LogP contribution in [0.25, 0.3) is 11.0 Å². The predicted octanol–water partition coefficient (Wildman–Crippen LogP) is 1.26. The zero-order chi connectivity index (χ0) is 22.0. The molecular weight excluding hydrogens is 438 g/mol. The van der Waals surface area contributed by atoms with Gasteiger partial charge in [0.1, 0.15) is 15.9 Å². The van der Waals surface area contributed by atoms with Gasteiger partial charge in [-0.15, -0.1) is 0 Å². The second-order valence-corrected chi connectivity index (χ2v) is 9.61. The Hall–Kier alpha value is -2.89. The molecule has 3 aromatic rings. The number of carbonyl (C=O) groups is 2. The van der Waals surface area contributed by atoms with E-state index in [-0.39, 0.29) is 49.4 Å². The molecule has 0 spiro atoms. The summed E-state index contributed by atoms with van der Waals surface area (Å²) in [7, 11) is -3.74. The number of aryl methyl sites for hydroxylation is 1. The van der Waals surface area contributed by atoms with Crippen molar-refractivity contribution in [3.63, 3.8) is 0 Å². The number of sulfonamides is 1. The normalized spacial score (nSPS) is 15.2. The van der Waals surface area contributed by atoms with E-state index in [1.807, 2.05) is 19.1 Å². The smallest absolute Gasteiger partial charge is 0.251 e. The van der Waals surface area contributed by atoms with Gasteiger partial charge in [0.2, 0.25) is 15.9 Å². The summed E-state index contributed by atoms with van der Waals surface area (Å²) in [6.45, 7) is 2.55. The van der Waals surface area contributed by atoms with E-state index in [4.69, 9.17) is 0 Å². The maximum Gasteiger partial charge on any atom is 0.251 e. The molecule has 9 nitrogen and oxygen atoms in total. The van der Waals surface area contributed by atoms with Crippen LogP contribution in [0.5, 0.6) is 0 Å². The number of hydrogen-bond donors (Lipinski definition) is 1. The van der Waals surface area contributed by atoms with Crippen LogP contribution >= 0.6 is 11.7 Å². The highest BCUT2D eigenvalue weighted by molar-refractivity contribution is 7.89. The van der Waals surface area contributed by atoms with Gasteiger partial charge < -0.3 is 10.2 Å². The van der Waals surface area contributed by atoms with Crippen LogP contribution in [0.15, 0.2) is 47.4 Å². The van der Waals surface area contributed by atoms with Crippen LogP contribution in [-0.2, 0) is 14.8 Å². The van der Waals surface area contributed by atoms with Crippen molar-refractivity contribution < 1.29 is 18.0 Å². The number of nitrogens with zero attached hydrogens (tertiary/aromatic N) is 4. The molecule has 11 heteroatoms. The van der Waals surface area contributed by atoms with Crippen LogP contribution in [0.3, 0.4) is 0 Å². The fourth-order valence-electron chi connectivity index (χ4n) is 3.50. The van der Waals surface area contributed by atoms with Crippen molar-refractivity contribution in [1.29, 1.82) is 0 Å². The summed E-state index contributed by atoms with van der Waals surface area (Å²) in [5.74, 6) is -0.553. The monoisotopic (exact) mass is 459 g/mol. The third kappa shape index (κ3) is 4.29. The fraction of sp³-hybridized carbons (Fsp3) is 0.300. The number of nitrogens with one attached hydrogen (secondary N) is 1. The highest BCUT2D eigenvalue weighted by Gasteiger charge is 2.32. The average Bonchev–Trinajstić information content (AvgIpc) is 3.26. The maximum atomic E-state index is 13.1. The molecule has 0 bridgehead atoms. The van der Waals surface area contributed by atoms with Crippen LogP contribution in [0.1, 0.15) is 15.9 Å². The molecule has 1 aliphatic rings. The number of hydrogen-bond acceptors (Lipinski definition) is 7. The molecule has 0 atom stereocenters. The third-order valence-electron chi connectivity index (χ3n) is 5.25. The van der Waals surface area contributed by atoms with Gasteiger partial charge in [-0.05, 0) is 30.7 Å². The Morgan fingerprint density at radius 1 is 1.03 bits per heavy atom. The quantitative estimate of drug-likeness (QED) is 0.615. The van der Waals surface area contributed by atoms with Gasteiger partial charge in [0.05, 0.1) is 18.3 Å². The first-order chi connectivity index (χ1) is 14.9. The molecule has 0 aliphatic carbocycles. The SMILES string of the molecule is Cc1ccccc1C(=O)NCC(=O)N1CCN(S(=O)(=O)c2cccc3nsnc23)CC1. The van der Waals surface area contributed by atoms with Crippen molar-refractivity contribution in [3.8, 4) is 0 Å². The van der Waals surface area contributed by atoms with Crippen LogP contribution < -0.4 is 5.32 Å². The van der Waals surface area contributed by atoms with Gasteiger partial charge in [-0.2, -0.15) is 13.1 Å². The predicted molar refractivity (Wildman–Crippen MR) is 116 cm³/mol. The topological polar surface area (TPSA) is 113 Å². The summed E-state index contributed by atoms with van der Waals surface area (Å²) in [5, 5.41) is 2.65. The molecule has 1 saturated heterocycles. The number of rotatable bonds is 5. The molecular formula is C20H21N5O4S2. The molecule has 0 radical (unpaired) electrons. The second kappa shape index (κ2) is 8.69. The van der Waals surface area contributed by atoms with Crippen molar-refractivity contribution in [2.24, 2.45) is 0 Å². The van der Waals surface area contributed by atoms with Crippen molar-refractivity contribution >= 4 is 44.6 Å². The van der Waals surface area contributed by atoms with Gasteiger partial charge in [-0.1, -0.05) is 24.3 Å². The number of amides is 2. The van der Waals surface area contributed by atoms with Gasteiger partial charge in [0.25, 0.3) is 5.91 Å². The van der Waals surface area contributed by atoms with Gasteiger partial charge >= 0.3 is 0 Å². The molecule has 2 heterocycles. The lowest BCUT2D eigenvalue weighted by molar-refractivity contribution is -0.131. The standard InChI is InChI=1S/C20H21N5O4S2/c1-14-5-2-3-6-15(14)20(27)21-13-18(26)24-9-11-25(12-10-24)31(28,29)17-8-4-7-16-19(17)23-30-22-16/h2-8H,9-13H2,1H3,(H,21,27). The molecule has 4 rings (SSSR count). The molecule has 162 valence electrons. The minimum atomic E-state index is -3.74. The summed E-state index contributed by atoms with van der Waals surface area (Å²) in [4.78, 5) is 26.5. The van der Waals surface area contributed by atoms with Gasteiger partial charge in [-0.25, -0.2) is 8.42 Å². The van der Waals surface area contributed by atoms with E-state index in [1.165, 1.54) is 10.4 Å². The first-order valence-electron chi connectivity index (χ1n) is 9.71. The van der Waals surface area contributed by atoms with E-state index >= 15 is 0 Å². The van der Waals surface area contributed by atoms with E-state index in [0.29, 0.717) is 16.6 Å².